The summed E-state index contributed by atoms with van der Waals surface area (Å²) in [6.07, 6.45) is 0. The highest BCUT2D eigenvalue weighted by molar-refractivity contribution is 6.67. The summed E-state index contributed by atoms with van der Waals surface area (Å²) in [4.78, 5) is 32.9. The molecular formula is C26H32N6O2. The van der Waals surface area contributed by atoms with E-state index in [4.69, 9.17) is 0 Å². The Kier molecular flexibility index (Phi) is 10.0. The normalized spacial score (nSPS) is 13.0. The zero-order chi connectivity index (χ0) is 25.1. The fourth-order valence-electron chi connectivity index (χ4n) is 2.91. The van der Waals surface area contributed by atoms with Gasteiger partial charge in [0.1, 0.15) is 11.4 Å². The number of ketones is 2. The first-order valence-electron chi connectivity index (χ1n) is 11.0. The third-order valence-electron chi connectivity index (χ3n) is 4.85. The first-order valence-corrected chi connectivity index (χ1v) is 11.0. The van der Waals surface area contributed by atoms with Crippen LogP contribution in [-0.4, -0.2) is 47.5 Å². The molecule has 0 aliphatic rings. The number of carbonyl (C=O) groups is 2. The Balaban J connectivity index is 2.02. The number of anilines is 2. The van der Waals surface area contributed by atoms with Crippen LogP contribution in [0.4, 0.5) is 11.4 Å². The largest absolute Gasteiger partial charge is 0.293 e. The van der Waals surface area contributed by atoms with Gasteiger partial charge in [-0.1, -0.05) is 35.4 Å². The predicted octanol–water partition coefficient (Wildman–Crippen LogP) is 4.64. The Morgan fingerprint density at radius 1 is 0.618 bits per heavy atom. The number of aryl methyl sites for hydroxylation is 2. The molecule has 0 aliphatic heterocycles. The van der Waals surface area contributed by atoms with E-state index >= 15 is 0 Å². The van der Waals surface area contributed by atoms with Crippen LogP contribution in [0, 0.1) is 13.8 Å². The van der Waals surface area contributed by atoms with Crippen LogP contribution >= 0.6 is 0 Å². The average molecular weight is 461 g/mol. The van der Waals surface area contributed by atoms with E-state index < -0.39 is 0 Å². The first kappa shape index (κ1) is 26.3. The van der Waals surface area contributed by atoms with Gasteiger partial charge in [0.15, 0.2) is 11.6 Å². The van der Waals surface area contributed by atoms with Crippen molar-refractivity contribution < 1.29 is 9.59 Å². The molecule has 0 saturated heterocycles. The van der Waals surface area contributed by atoms with Crippen molar-refractivity contribution >= 4 is 45.8 Å². The van der Waals surface area contributed by atoms with Gasteiger partial charge in [0.05, 0.1) is 35.9 Å². The summed E-state index contributed by atoms with van der Waals surface area (Å²) in [5.74, 6) is -0.373. The zero-order valence-corrected chi connectivity index (χ0v) is 20.6. The van der Waals surface area contributed by atoms with Gasteiger partial charge in [-0.3, -0.25) is 30.4 Å². The molecule has 34 heavy (non-hydrogen) atoms. The monoisotopic (exact) mass is 460 g/mol. The lowest BCUT2D eigenvalue weighted by molar-refractivity contribution is -0.111. The highest BCUT2D eigenvalue weighted by atomic mass is 16.1. The van der Waals surface area contributed by atoms with Gasteiger partial charge < -0.3 is 0 Å². The van der Waals surface area contributed by atoms with Gasteiger partial charge in [0, 0.05) is 13.8 Å². The highest BCUT2D eigenvalue weighted by Crippen LogP contribution is 2.09. The number of benzene rings is 2. The van der Waals surface area contributed by atoms with Gasteiger partial charge in [-0.05, 0) is 52.0 Å². The van der Waals surface area contributed by atoms with Crippen molar-refractivity contribution in [1.82, 2.24) is 0 Å². The standard InChI is InChI=1S/C26H32N6O2/c1-17-7-11-23(12-8-17)29-31-25(21(5)33)19(3)27-15-16-28-20(4)26(22(6)34)32-30-24-13-9-18(2)10-14-24/h7-14,29-30H,15-16H2,1-6H3/b27-19?,28-20?,31-25+,32-26+. The smallest absolute Gasteiger partial charge is 0.181 e. The average Bonchev–Trinajstić information content (AvgIpc) is 2.79. The molecular weight excluding hydrogens is 428 g/mol. The van der Waals surface area contributed by atoms with Crippen LogP contribution in [0.1, 0.15) is 38.8 Å². The van der Waals surface area contributed by atoms with E-state index in [1.165, 1.54) is 13.8 Å². The maximum atomic E-state index is 12.0. The molecule has 2 aromatic rings. The molecule has 0 fully saturated rings. The second kappa shape index (κ2) is 12.9. The van der Waals surface area contributed by atoms with Crippen molar-refractivity contribution in [2.45, 2.75) is 41.5 Å². The molecule has 0 saturated carbocycles. The molecule has 0 aromatic heterocycles. The van der Waals surface area contributed by atoms with Crippen LogP contribution in [0.3, 0.4) is 0 Å². The number of aliphatic imine (C=N–C) groups is 2. The Morgan fingerprint density at radius 2 is 0.941 bits per heavy atom. The summed E-state index contributed by atoms with van der Waals surface area (Å²) in [5.41, 5.74) is 11.2. The Bertz CT molecular complexity index is 1040. The van der Waals surface area contributed by atoms with Crippen molar-refractivity contribution in [1.29, 1.82) is 0 Å². The quantitative estimate of drug-likeness (QED) is 0.289. The molecule has 178 valence electrons. The molecule has 8 nitrogen and oxygen atoms in total. The van der Waals surface area contributed by atoms with Crippen molar-refractivity contribution in [2.24, 2.45) is 20.2 Å². The molecule has 0 unspecified atom stereocenters. The number of hydrazone groups is 2. The second-order valence-corrected chi connectivity index (χ2v) is 7.92. The molecule has 2 N–H and O–H groups in total. The lowest BCUT2D eigenvalue weighted by Crippen LogP contribution is -2.22. The summed E-state index contributed by atoms with van der Waals surface area (Å²) in [5, 5.41) is 8.45. The van der Waals surface area contributed by atoms with Crippen molar-refractivity contribution in [3.63, 3.8) is 0 Å². The van der Waals surface area contributed by atoms with Crippen LogP contribution in [0.2, 0.25) is 0 Å². The van der Waals surface area contributed by atoms with Crippen LogP contribution in [0.15, 0.2) is 68.7 Å². The summed E-state index contributed by atoms with van der Waals surface area (Å²) >= 11 is 0. The van der Waals surface area contributed by atoms with Crippen molar-refractivity contribution in [3.05, 3.63) is 59.7 Å². The number of hydrogen-bond donors (Lipinski definition) is 2. The van der Waals surface area contributed by atoms with Gasteiger partial charge in [-0.25, -0.2) is 0 Å². The van der Waals surface area contributed by atoms with Gasteiger partial charge >= 0.3 is 0 Å². The summed E-state index contributed by atoms with van der Waals surface area (Å²) in [6.45, 7) is 11.1. The van der Waals surface area contributed by atoms with Gasteiger partial charge in [0.2, 0.25) is 0 Å². The summed E-state index contributed by atoms with van der Waals surface area (Å²) in [7, 11) is 0. The van der Waals surface area contributed by atoms with E-state index in [1.807, 2.05) is 62.4 Å². The molecule has 0 aliphatic carbocycles. The lowest BCUT2D eigenvalue weighted by Gasteiger charge is -2.06. The van der Waals surface area contributed by atoms with Crippen LogP contribution in [-0.2, 0) is 9.59 Å². The van der Waals surface area contributed by atoms with Gasteiger partial charge in [-0.2, -0.15) is 10.2 Å². The topological polar surface area (TPSA) is 108 Å². The van der Waals surface area contributed by atoms with Crippen LogP contribution < -0.4 is 10.9 Å². The maximum absolute atomic E-state index is 12.0. The minimum Gasteiger partial charge on any atom is -0.293 e. The lowest BCUT2D eigenvalue weighted by atomic mass is 10.2. The maximum Gasteiger partial charge on any atom is 0.181 e. The first-order chi connectivity index (χ1) is 16.2. The SMILES string of the molecule is CC(=O)/C(=N/Nc1ccc(C)cc1)C(C)=NCCN=C(C)/C(=N\Nc1ccc(C)cc1)C(C)=O. The van der Waals surface area contributed by atoms with E-state index in [1.54, 1.807) is 13.8 Å². The number of nitrogens with zero attached hydrogens (tertiary/aromatic N) is 4. The van der Waals surface area contributed by atoms with Crippen LogP contribution in [0.5, 0.6) is 0 Å². The fourth-order valence-corrected chi connectivity index (χ4v) is 2.91. The second-order valence-electron chi connectivity index (χ2n) is 7.92. The minimum absolute atomic E-state index is 0.186. The number of Topliss-reactive ketones (excluding diaryl/α,β-unsaturated/α-hetero) is 2. The highest BCUT2D eigenvalue weighted by Gasteiger charge is 2.11. The van der Waals surface area contributed by atoms with Gasteiger partial charge in [-0.15, -0.1) is 0 Å². The van der Waals surface area contributed by atoms with E-state index in [0.29, 0.717) is 24.5 Å². The minimum atomic E-state index is -0.186. The van der Waals surface area contributed by atoms with E-state index in [9.17, 15) is 9.59 Å². The summed E-state index contributed by atoms with van der Waals surface area (Å²) < 4.78 is 0. The number of nitrogens with one attached hydrogen (secondary N) is 2. The Labute approximate surface area is 201 Å². The van der Waals surface area contributed by atoms with Crippen molar-refractivity contribution in [3.8, 4) is 0 Å². The fraction of sp³-hybridized carbons (Fsp3) is 0.308. The zero-order valence-electron chi connectivity index (χ0n) is 20.6. The molecule has 2 aromatic carbocycles. The molecule has 0 heterocycles. The van der Waals surface area contributed by atoms with Gasteiger partial charge in [0.25, 0.3) is 0 Å². The van der Waals surface area contributed by atoms with E-state index in [2.05, 4.69) is 31.0 Å². The number of rotatable bonds is 11. The molecule has 2 rings (SSSR count). The number of hydrogen-bond acceptors (Lipinski definition) is 8. The molecule has 8 heteroatoms. The van der Waals surface area contributed by atoms with Crippen LogP contribution in [0.25, 0.3) is 0 Å². The molecule has 0 bridgehead atoms. The van der Waals surface area contributed by atoms with Crippen molar-refractivity contribution in [2.75, 3.05) is 23.9 Å². The summed E-state index contributed by atoms with van der Waals surface area (Å²) in [6, 6.07) is 15.4. The Morgan fingerprint density at radius 3 is 1.24 bits per heavy atom. The predicted molar refractivity (Wildman–Crippen MR) is 142 cm³/mol. The molecule has 0 amide bonds. The molecule has 0 atom stereocenters. The molecule has 0 radical (unpaired) electrons. The third kappa shape index (κ3) is 8.54. The Hall–Kier alpha value is -3.94. The van der Waals surface area contributed by atoms with E-state index in [0.717, 1.165) is 22.5 Å². The van der Waals surface area contributed by atoms with E-state index in [-0.39, 0.29) is 23.0 Å². The molecule has 0 spiro atoms. The third-order valence-corrected chi connectivity index (χ3v) is 4.85. The number of carbonyl (C=O) groups excluding carboxylic acids is 2.